The van der Waals surface area contributed by atoms with Crippen molar-refractivity contribution < 1.29 is 4.74 Å². The van der Waals surface area contributed by atoms with Gasteiger partial charge in [0.05, 0.1) is 6.10 Å². The van der Waals surface area contributed by atoms with Crippen molar-refractivity contribution in [2.75, 3.05) is 11.9 Å². The van der Waals surface area contributed by atoms with Crippen molar-refractivity contribution in [2.24, 2.45) is 7.05 Å². The van der Waals surface area contributed by atoms with Crippen LogP contribution in [-0.4, -0.2) is 32.2 Å². The van der Waals surface area contributed by atoms with Crippen molar-refractivity contribution in [1.29, 1.82) is 0 Å². The minimum absolute atomic E-state index is 0.107. The van der Waals surface area contributed by atoms with Crippen LogP contribution in [-0.2, 0) is 13.5 Å². The van der Waals surface area contributed by atoms with Gasteiger partial charge in [-0.15, -0.1) is 0 Å². The maximum atomic E-state index is 5.52. The Bertz CT molecular complexity index is 523. The largest absolute Gasteiger partial charge is 0.475 e. The molecular weight excluding hydrogens is 242 g/mol. The normalized spacial score (nSPS) is 10.7. The van der Waals surface area contributed by atoms with Crippen molar-refractivity contribution in [2.45, 2.75) is 26.4 Å². The number of rotatable bonds is 6. The van der Waals surface area contributed by atoms with Crippen LogP contribution in [0.5, 0.6) is 5.88 Å². The second-order valence-electron chi connectivity index (χ2n) is 4.52. The molecule has 6 nitrogen and oxygen atoms in total. The number of nitrogens with zero attached hydrogens (tertiary/aromatic N) is 4. The number of ether oxygens (including phenoxy) is 1. The predicted molar refractivity (Wildman–Crippen MR) is 73.2 cm³/mol. The molecule has 0 aromatic carbocycles. The molecule has 0 spiro atoms. The quantitative estimate of drug-likeness (QED) is 0.856. The molecule has 2 aromatic heterocycles. The summed E-state index contributed by atoms with van der Waals surface area (Å²) in [5.41, 5.74) is 0. The van der Waals surface area contributed by atoms with E-state index in [1.807, 2.05) is 31.7 Å². The van der Waals surface area contributed by atoms with E-state index in [2.05, 4.69) is 20.3 Å². The lowest BCUT2D eigenvalue weighted by Gasteiger charge is -2.10. The van der Waals surface area contributed by atoms with Crippen molar-refractivity contribution >= 4 is 5.95 Å². The van der Waals surface area contributed by atoms with Crippen LogP contribution in [0.2, 0.25) is 0 Å². The van der Waals surface area contributed by atoms with Gasteiger partial charge in [0, 0.05) is 44.7 Å². The van der Waals surface area contributed by atoms with E-state index in [-0.39, 0.29) is 6.10 Å². The molecule has 0 radical (unpaired) electrons. The average molecular weight is 261 g/mol. The molecule has 102 valence electrons. The van der Waals surface area contributed by atoms with Gasteiger partial charge in [0.1, 0.15) is 5.82 Å². The summed E-state index contributed by atoms with van der Waals surface area (Å²) < 4.78 is 7.52. The Kier molecular flexibility index (Phi) is 4.33. The summed E-state index contributed by atoms with van der Waals surface area (Å²) in [5.74, 6) is 2.19. The van der Waals surface area contributed by atoms with Crippen LogP contribution in [0.3, 0.4) is 0 Å². The maximum absolute atomic E-state index is 5.52. The third-order valence-electron chi connectivity index (χ3n) is 2.54. The maximum Gasteiger partial charge on any atom is 0.225 e. The van der Waals surface area contributed by atoms with Gasteiger partial charge in [-0.25, -0.2) is 9.97 Å². The highest BCUT2D eigenvalue weighted by Crippen LogP contribution is 2.10. The van der Waals surface area contributed by atoms with Crippen LogP contribution >= 0.6 is 0 Å². The van der Waals surface area contributed by atoms with Crippen molar-refractivity contribution in [3.63, 3.8) is 0 Å². The highest BCUT2D eigenvalue weighted by atomic mass is 16.5. The molecule has 2 heterocycles. The second-order valence-corrected chi connectivity index (χ2v) is 4.52. The van der Waals surface area contributed by atoms with Gasteiger partial charge in [-0.2, -0.15) is 4.98 Å². The van der Waals surface area contributed by atoms with Crippen LogP contribution in [0.4, 0.5) is 5.95 Å². The highest BCUT2D eigenvalue weighted by molar-refractivity contribution is 5.27. The summed E-state index contributed by atoms with van der Waals surface area (Å²) in [6.45, 7) is 4.67. The van der Waals surface area contributed by atoms with Gasteiger partial charge < -0.3 is 14.6 Å². The van der Waals surface area contributed by atoms with Gasteiger partial charge in [0.2, 0.25) is 11.8 Å². The first kappa shape index (κ1) is 13.3. The van der Waals surface area contributed by atoms with E-state index in [9.17, 15) is 0 Å². The lowest BCUT2D eigenvalue weighted by Crippen LogP contribution is -2.12. The molecule has 6 heteroatoms. The Morgan fingerprint density at radius 3 is 2.84 bits per heavy atom. The summed E-state index contributed by atoms with van der Waals surface area (Å²) in [7, 11) is 1.98. The number of aryl methyl sites for hydroxylation is 1. The third-order valence-corrected chi connectivity index (χ3v) is 2.54. The summed E-state index contributed by atoms with van der Waals surface area (Å²) in [4.78, 5) is 12.7. The zero-order valence-corrected chi connectivity index (χ0v) is 11.5. The van der Waals surface area contributed by atoms with Crippen LogP contribution < -0.4 is 10.1 Å². The van der Waals surface area contributed by atoms with Crippen molar-refractivity contribution in [1.82, 2.24) is 19.5 Å². The van der Waals surface area contributed by atoms with E-state index < -0.39 is 0 Å². The molecule has 0 aliphatic heterocycles. The van der Waals surface area contributed by atoms with Gasteiger partial charge in [-0.3, -0.25) is 0 Å². The summed E-state index contributed by atoms with van der Waals surface area (Å²) >= 11 is 0. The molecule has 0 saturated heterocycles. The lowest BCUT2D eigenvalue weighted by atomic mass is 10.4. The van der Waals surface area contributed by atoms with Crippen molar-refractivity contribution in [3.8, 4) is 5.88 Å². The van der Waals surface area contributed by atoms with Gasteiger partial charge in [-0.05, 0) is 13.8 Å². The molecule has 1 N–H and O–H groups in total. The summed E-state index contributed by atoms with van der Waals surface area (Å²) in [5, 5.41) is 3.17. The Morgan fingerprint density at radius 2 is 2.16 bits per heavy atom. The molecule has 0 bridgehead atoms. The molecular formula is C13H19N5O. The number of aromatic nitrogens is 4. The summed E-state index contributed by atoms with van der Waals surface area (Å²) in [6.07, 6.45) is 6.34. The summed E-state index contributed by atoms with van der Waals surface area (Å²) in [6, 6.07) is 1.75. The highest BCUT2D eigenvalue weighted by Gasteiger charge is 2.03. The minimum atomic E-state index is 0.107. The second kappa shape index (κ2) is 6.17. The molecule has 0 amide bonds. The standard InChI is InChI=1S/C13H19N5O/c1-10(2)19-12-5-7-16-13(17-12)15-6-4-11-14-8-9-18(11)3/h5,7-10H,4,6H2,1-3H3,(H,15,16,17). The Morgan fingerprint density at radius 1 is 1.32 bits per heavy atom. The number of anilines is 1. The molecule has 2 rings (SSSR count). The lowest BCUT2D eigenvalue weighted by molar-refractivity contribution is 0.232. The monoisotopic (exact) mass is 261 g/mol. The molecule has 0 unspecified atom stereocenters. The zero-order chi connectivity index (χ0) is 13.7. The number of hydrogen-bond acceptors (Lipinski definition) is 5. The molecule has 2 aromatic rings. The van der Waals surface area contributed by atoms with E-state index >= 15 is 0 Å². The molecule has 0 saturated carbocycles. The van der Waals surface area contributed by atoms with Gasteiger partial charge >= 0.3 is 0 Å². The van der Waals surface area contributed by atoms with Crippen LogP contribution in [0, 0.1) is 0 Å². The van der Waals surface area contributed by atoms with E-state index in [1.54, 1.807) is 18.5 Å². The first-order valence-corrected chi connectivity index (χ1v) is 6.35. The Labute approximate surface area is 112 Å². The van der Waals surface area contributed by atoms with Crippen LogP contribution in [0.1, 0.15) is 19.7 Å². The fraction of sp³-hybridized carbons (Fsp3) is 0.462. The predicted octanol–water partition coefficient (Wildman–Crippen LogP) is 1.65. The Hall–Kier alpha value is -2.11. The van der Waals surface area contributed by atoms with E-state index in [0.717, 1.165) is 18.8 Å². The van der Waals surface area contributed by atoms with E-state index in [1.165, 1.54) is 0 Å². The number of imidazole rings is 1. The first-order chi connectivity index (χ1) is 9.15. The van der Waals surface area contributed by atoms with Gasteiger partial charge in [-0.1, -0.05) is 0 Å². The average Bonchev–Trinajstić information content (AvgIpc) is 2.75. The smallest absolute Gasteiger partial charge is 0.225 e. The number of hydrogen-bond donors (Lipinski definition) is 1. The molecule has 19 heavy (non-hydrogen) atoms. The minimum Gasteiger partial charge on any atom is -0.475 e. The van der Waals surface area contributed by atoms with E-state index in [0.29, 0.717) is 11.8 Å². The van der Waals surface area contributed by atoms with Gasteiger partial charge in [0.25, 0.3) is 0 Å². The Balaban J connectivity index is 1.87. The molecule has 0 atom stereocenters. The van der Waals surface area contributed by atoms with E-state index in [4.69, 9.17) is 4.74 Å². The topological polar surface area (TPSA) is 64.9 Å². The molecule has 0 aliphatic rings. The van der Waals surface area contributed by atoms with Crippen molar-refractivity contribution in [3.05, 3.63) is 30.5 Å². The zero-order valence-electron chi connectivity index (χ0n) is 11.5. The molecule has 0 fully saturated rings. The first-order valence-electron chi connectivity index (χ1n) is 6.35. The third kappa shape index (κ3) is 3.94. The fourth-order valence-corrected chi connectivity index (χ4v) is 1.66. The van der Waals surface area contributed by atoms with Crippen LogP contribution in [0.15, 0.2) is 24.7 Å². The molecule has 0 aliphatic carbocycles. The van der Waals surface area contributed by atoms with Gasteiger partial charge in [0.15, 0.2) is 0 Å². The SMILES string of the molecule is CC(C)Oc1ccnc(NCCc2nccn2C)n1. The fourth-order valence-electron chi connectivity index (χ4n) is 1.66. The number of nitrogens with one attached hydrogen (secondary N) is 1. The van der Waals surface area contributed by atoms with Crippen LogP contribution in [0.25, 0.3) is 0 Å².